The van der Waals surface area contributed by atoms with E-state index in [1.807, 2.05) is 19.1 Å². The minimum absolute atomic E-state index is 0.130. The van der Waals surface area contributed by atoms with Gasteiger partial charge < -0.3 is 10.1 Å². The molecule has 2 aromatic rings. The zero-order valence-electron chi connectivity index (χ0n) is 16.1. The molecule has 2 heterocycles. The number of nitrogens with one attached hydrogen (secondary N) is 1. The normalized spacial score (nSPS) is 17.9. The second-order valence-electron chi connectivity index (χ2n) is 6.91. The van der Waals surface area contributed by atoms with Crippen LogP contribution in [0.4, 0.5) is 0 Å². The van der Waals surface area contributed by atoms with Crippen LogP contribution in [0.3, 0.4) is 0 Å². The van der Waals surface area contributed by atoms with E-state index in [1.165, 1.54) is 4.31 Å². The fraction of sp³-hybridized carbons (Fsp3) is 0.400. The lowest BCUT2D eigenvalue weighted by molar-refractivity contribution is -0.126. The van der Waals surface area contributed by atoms with E-state index >= 15 is 0 Å². The Hall–Kier alpha value is -2.45. The van der Waals surface area contributed by atoms with Gasteiger partial charge in [0.2, 0.25) is 15.9 Å². The molecule has 0 radical (unpaired) electrons. The summed E-state index contributed by atoms with van der Waals surface area (Å²) < 4.78 is 32.7. The first-order valence-corrected chi connectivity index (χ1v) is 10.7. The van der Waals surface area contributed by atoms with Crippen molar-refractivity contribution in [1.29, 1.82) is 0 Å². The first-order valence-electron chi connectivity index (χ1n) is 9.23. The number of methoxy groups -OCH3 is 1. The summed E-state index contributed by atoms with van der Waals surface area (Å²) in [7, 11) is -2.10. The van der Waals surface area contributed by atoms with E-state index in [9.17, 15) is 13.2 Å². The van der Waals surface area contributed by atoms with Gasteiger partial charge in [-0.2, -0.15) is 4.31 Å². The number of carbonyl (C=O) groups is 1. The van der Waals surface area contributed by atoms with Crippen LogP contribution in [0.25, 0.3) is 0 Å². The highest BCUT2D eigenvalue weighted by atomic mass is 32.2. The van der Waals surface area contributed by atoms with E-state index in [-0.39, 0.29) is 23.3 Å². The van der Waals surface area contributed by atoms with Crippen LogP contribution in [0.15, 0.2) is 47.6 Å². The average molecular weight is 404 g/mol. The number of piperidine rings is 1. The first kappa shape index (κ1) is 20.3. The summed E-state index contributed by atoms with van der Waals surface area (Å²) in [6, 6.07) is 8.52. The molecule has 1 aromatic carbocycles. The number of hydrogen-bond donors (Lipinski definition) is 1. The van der Waals surface area contributed by atoms with Crippen molar-refractivity contribution in [2.45, 2.75) is 31.2 Å². The Bertz CT molecular complexity index is 932. The predicted octanol–water partition coefficient (Wildman–Crippen LogP) is 2.12. The minimum Gasteiger partial charge on any atom is -0.496 e. The molecule has 0 saturated carbocycles. The molecule has 1 aromatic heterocycles. The molecular weight excluding hydrogens is 378 g/mol. The van der Waals surface area contributed by atoms with Crippen molar-refractivity contribution >= 4 is 15.9 Å². The van der Waals surface area contributed by atoms with Gasteiger partial charge in [-0.1, -0.05) is 6.07 Å². The van der Waals surface area contributed by atoms with Gasteiger partial charge in [0.25, 0.3) is 0 Å². The molecule has 150 valence electrons. The van der Waals surface area contributed by atoms with Crippen LogP contribution >= 0.6 is 0 Å². The highest BCUT2D eigenvalue weighted by Gasteiger charge is 2.33. The zero-order chi connectivity index (χ0) is 20.1. The van der Waals surface area contributed by atoms with Crippen LogP contribution in [0.5, 0.6) is 5.75 Å². The van der Waals surface area contributed by atoms with Crippen molar-refractivity contribution < 1.29 is 17.9 Å². The summed E-state index contributed by atoms with van der Waals surface area (Å²) in [6.07, 6.45) is 4.70. The van der Waals surface area contributed by atoms with Gasteiger partial charge in [0.15, 0.2) is 0 Å². The van der Waals surface area contributed by atoms with Crippen molar-refractivity contribution in [2.75, 3.05) is 20.2 Å². The number of carbonyl (C=O) groups excluding carboxylic acids is 1. The van der Waals surface area contributed by atoms with Crippen LogP contribution < -0.4 is 10.1 Å². The molecule has 0 bridgehead atoms. The highest BCUT2D eigenvalue weighted by molar-refractivity contribution is 7.89. The van der Waals surface area contributed by atoms with E-state index < -0.39 is 10.0 Å². The lowest BCUT2D eigenvalue weighted by Gasteiger charge is -2.31. The van der Waals surface area contributed by atoms with E-state index in [1.54, 1.807) is 37.7 Å². The van der Waals surface area contributed by atoms with Crippen molar-refractivity contribution in [3.8, 4) is 5.75 Å². The maximum absolute atomic E-state index is 13.0. The van der Waals surface area contributed by atoms with E-state index in [2.05, 4.69) is 10.3 Å². The minimum atomic E-state index is -3.66. The Balaban J connectivity index is 1.68. The number of sulfonamides is 1. The number of aryl methyl sites for hydroxylation is 1. The maximum Gasteiger partial charge on any atom is 0.243 e. The molecule has 1 unspecified atom stereocenters. The van der Waals surface area contributed by atoms with Gasteiger partial charge in [-0.3, -0.25) is 9.78 Å². The van der Waals surface area contributed by atoms with Gasteiger partial charge >= 0.3 is 0 Å². The molecule has 1 amide bonds. The first-order chi connectivity index (χ1) is 13.4. The molecule has 0 spiro atoms. The maximum atomic E-state index is 13.0. The molecule has 1 fully saturated rings. The Kier molecular flexibility index (Phi) is 6.31. The number of nitrogens with zero attached hydrogens (tertiary/aromatic N) is 2. The van der Waals surface area contributed by atoms with Gasteiger partial charge in [-0.05, 0) is 55.2 Å². The number of benzene rings is 1. The SMILES string of the molecule is COc1ccc(S(=O)(=O)N2CCCC(C(=O)NCc3cccnc3)C2)cc1C. The van der Waals surface area contributed by atoms with Gasteiger partial charge in [0.1, 0.15) is 5.75 Å². The number of rotatable bonds is 6. The van der Waals surface area contributed by atoms with Crippen molar-refractivity contribution in [2.24, 2.45) is 5.92 Å². The Morgan fingerprint density at radius 3 is 2.86 bits per heavy atom. The van der Waals surface area contributed by atoms with Crippen LogP contribution in [-0.2, 0) is 21.4 Å². The van der Waals surface area contributed by atoms with Crippen LogP contribution in [0.1, 0.15) is 24.0 Å². The lowest BCUT2D eigenvalue weighted by Crippen LogP contribution is -2.45. The summed E-state index contributed by atoms with van der Waals surface area (Å²) in [5, 5.41) is 2.89. The summed E-state index contributed by atoms with van der Waals surface area (Å²) in [4.78, 5) is 16.8. The molecule has 1 atom stereocenters. The molecule has 1 aliphatic heterocycles. The van der Waals surface area contributed by atoms with Crippen LogP contribution in [-0.4, -0.2) is 43.8 Å². The number of ether oxygens (including phenoxy) is 1. The monoisotopic (exact) mass is 403 g/mol. The van der Waals surface area contributed by atoms with E-state index in [0.717, 1.165) is 11.1 Å². The molecule has 1 aliphatic rings. The van der Waals surface area contributed by atoms with Gasteiger partial charge in [-0.15, -0.1) is 0 Å². The fourth-order valence-electron chi connectivity index (χ4n) is 3.37. The quantitative estimate of drug-likeness (QED) is 0.798. The zero-order valence-corrected chi connectivity index (χ0v) is 16.9. The molecule has 8 heteroatoms. The van der Waals surface area contributed by atoms with E-state index in [4.69, 9.17) is 4.74 Å². The van der Waals surface area contributed by atoms with Gasteiger partial charge in [0.05, 0.1) is 17.9 Å². The summed E-state index contributed by atoms with van der Waals surface area (Å²) in [5.74, 6) is 0.152. The van der Waals surface area contributed by atoms with Crippen molar-refractivity contribution in [3.05, 3.63) is 53.9 Å². The predicted molar refractivity (Wildman–Crippen MR) is 105 cm³/mol. The van der Waals surface area contributed by atoms with E-state index in [0.29, 0.717) is 31.7 Å². The fourth-order valence-corrected chi connectivity index (χ4v) is 4.98. The van der Waals surface area contributed by atoms with Crippen LogP contribution in [0.2, 0.25) is 0 Å². The molecule has 3 rings (SSSR count). The number of pyridine rings is 1. The molecule has 1 N–H and O–H groups in total. The third kappa shape index (κ3) is 4.51. The Labute approximate surface area is 165 Å². The second-order valence-corrected chi connectivity index (χ2v) is 8.85. The summed E-state index contributed by atoms with van der Waals surface area (Å²) in [5.41, 5.74) is 1.66. The van der Waals surface area contributed by atoms with Crippen LogP contribution in [0, 0.1) is 12.8 Å². The molecular formula is C20H25N3O4S. The smallest absolute Gasteiger partial charge is 0.243 e. The number of amides is 1. The molecule has 28 heavy (non-hydrogen) atoms. The van der Waals surface area contributed by atoms with Crippen molar-refractivity contribution in [3.63, 3.8) is 0 Å². The number of aromatic nitrogens is 1. The van der Waals surface area contributed by atoms with Gasteiger partial charge in [0, 0.05) is 32.0 Å². The number of hydrogen-bond acceptors (Lipinski definition) is 5. The average Bonchev–Trinajstić information content (AvgIpc) is 2.72. The summed E-state index contributed by atoms with van der Waals surface area (Å²) >= 11 is 0. The standard InChI is InChI=1S/C20H25N3O4S/c1-15-11-18(7-8-19(15)27-2)28(25,26)23-10-4-6-17(14-23)20(24)22-13-16-5-3-9-21-12-16/h3,5,7-9,11-12,17H,4,6,10,13-14H2,1-2H3,(H,22,24). The third-order valence-corrected chi connectivity index (χ3v) is 6.81. The molecule has 1 saturated heterocycles. The largest absolute Gasteiger partial charge is 0.496 e. The van der Waals surface area contributed by atoms with Crippen molar-refractivity contribution in [1.82, 2.24) is 14.6 Å². The molecule has 7 nitrogen and oxygen atoms in total. The molecule has 0 aliphatic carbocycles. The second kappa shape index (κ2) is 8.70. The topological polar surface area (TPSA) is 88.6 Å². The Morgan fingerprint density at radius 1 is 1.36 bits per heavy atom. The third-order valence-electron chi connectivity index (χ3n) is 4.95. The highest BCUT2D eigenvalue weighted by Crippen LogP contribution is 2.27. The van der Waals surface area contributed by atoms with Gasteiger partial charge in [-0.25, -0.2) is 8.42 Å². The lowest BCUT2D eigenvalue weighted by atomic mass is 9.99. The Morgan fingerprint density at radius 2 is 2.18 bits per heavy atom. The summed E-state index contributed by atoms with van der Waals surface area (Å²) in [6.45, 7) is 2.79.